The van der Waals surface area contributed by atoms with Crippen molar-refractivity contribution in [3.63, 3.8) is 0 Å². The van der Waals surface area contributed by atoms with Crippen LogP contribution in [0.4, 0.5) is 17.3 Å². The van der Waals surface area contributed by atoms with E-state index in [0.29, 0.717) is 28.3 Å². The van der Waals surface area contributed by atoms with Gasteiger partial charge < -0.3 is 17.3 Å². The second-order valence-corrected chi connectivity index (χ2v) is 18.0. The van der Waals surface area contributed by atoms with Crippen LogP contribution >= 0.6 is 15.8 Å². The molecule has 0 amide bonds. The van der Waals surface area contributed by atoms with E-state index in [2.05, 4.69) is 140 Å². The van der Waals surface area contributed by atoms with Gasteiger partial charge in [0, 0.05) is 47.8 Å². The summed E-state index contributed by atoms with van der Waals surface area (Å²) in [6.45, 7) is 0. The van der Waals surface area contributed by atoms with E-state index in [-0.39, 0.29) is 35.3 Å². The predicted molar refractivity (Wildman–Crippen MR) is 194 cm³/mol. The first-order chi connectivity index (χ1) is 22.9. The van der Waals surface area contributed by atoms with Crippen molar-refractivity contribution in [2.45, 2.75) is 73.2 Å². The van der Waals surface area contributed by atoms with E-state index >= 15 is 0 Å². The molecule has 0 saturated carbocycles. The number of rotatable bonds is 6. The summed E-state index contributed by atoms with van der Waals surface area (Å²) in [5.41, 5.74) is 9.53. The minimum atomic E-state index is -6.00. The Balaban J connectivity index is 0.000000701. The zero-order valence-corrected chi connectivity index (χ0v) is 30.4. The minimum Gasteiger partial charge on any atom is -0.418 e. The van der Waals surface area contributed by atoms with Crippen LogP contribution in [-0.2, 0) is 19.5 Å². The summed E-state index contributed by atoms with van der Waals surface area (Å²) in [5, 5.41) is 1.87. The van der Waals surface area contributed by atoms with Crippen molar-refractivity contribution in [3.05, 3.63) is 167 Å². The molecule has 6 atom stereocenters. The normalized spacial score (nSPS) is 27.1. The molecule has 2 aliphatic heterocycles. The van der Waals surface area contributed by atoms with Gasteiger partial charge in [-0.3, -0.25) is 0 Å². The molecule has 2 saturated heterocycles. The Morgan fingerprint density at radius 3 is 1.21 bits per heavy atom. The van der Waals surface area contributed by atoms with Crippen molar-refractivity contribution in [1.29, 1.82) is 0 Å². The van der Waals surface area contributed by atoms with Crippen LogP contribution < -0.4 is 0 Å². The Labute approximate surface area is 298 Å². The molecular formula is C40H42BF4P2Rh-. The van der Waals surface area contributed by atoms with Gasteiger partial charge in [-0.1, -0.05) is 155 Å². The molecule has 4 unspecified atom stereocenters. The Kier molecular flexibility index (Phi) is 13.5. The van der Waals surface area contributed by atoms with E-state index in [4.69, 9.17) is 0 Å². The minimum absolute atomic E-state index is 0. The van der Waals surface area contributed by atoms with E-state index < -0.39 is 7.25 Å². The Morgan fingerprint density at radius 2 is 0.812 bits per heavy atom. The summed E-state index contributed by atoms with van der Waals surface area (Å²) in [5.74, 6) is 0. The van der Waals surface area contributed by atoms with Crippen molar-refractivity contribution < 1.29 is 36.7 Å². The maximum absolute atomic E-state index is 9.75. The van der Waals surface area contributed by atoms with E-state index in [1.54, 1.807) is 22.3 Å². The molecule has 8 heteroatoms. The zero-order chi connectivity index (χ0) is 32.6. The van der Waals surface area contributed by atoms with Gasteiger partial charge in [0.15, 0.2) is 0 Å². The van der Waals surface area contributed by atoms with Crippen molar-refractivity contribution in [2.24, 2.45) is 0 Å². The summed E-state index contributed by atoms with van der Waals surface area (Å²) >= 11 is 0. The Bertz CT molecular complexity index is 1500. The monoisotopic (exact) mass is 774 g/mol. The fourth-order valence-corrected chi connectivity index (χ4v) is 16.5. The molecule has 0 aromatic heterocycles. The molecule has 0 spiro atoms. The van der Waals surface area contributed by atoms with Gasteiger partial charge in [-0.2, -0.15) is 0 Å². The van der Waals surface area contributed by atoms with Crippen LogP contribution in [0.5, 0.6) is 0 Å². The van der Waals surface area contributed by atoms with Gasteiger partial charge in [-0.15, -0.1) is 0 Å². The molecule has 1 aliphatic carbocycles. The Hall–Kier alpha value is -2.37. The molecular weight excluding hydrogens is 732 g/mol. The number of allylic oxidation sites excluding steroid dienone is 4. The maximum Gasteiger partial charge on any atom is 0.673 e. The van der Waals surface area contributed by atoms with Gasteiger partial charge in [0.05, 0.1) is 0 Å². The SMILES string of the molecule is C1=CC[C@H](P2C(c3ccccc3)CC[C@H]2c2ccccc2)C(P2C(c3ccccc3)CCC2c2ccccc2)=CCC1.F[B-](F)(F)F.[Rh]. The second-order valence-electron chi connectivity index (χ2n) is 12.6. The first-order valence-corrected chi connectivity index (χ1v) is 19.9. The molecule has 4 aromatic carbocycles. The molecule has 0 nitrogen and oxygen atoms in total. The smallest absolute Gasteiger partial charge is 0.418 e. The maximum atomic E-state index is 9.75. The number of hydrogen-bond acceptors (Lipinski definition) is 0. The van der Waals surface area contributed by atoms with E-state index in [1.807, 2.05) is 5.31 Å². The van der Waals surface area contributed by atoms with Gasteiger partial charge in [0.2, 0.25) is 0 Å². The standard InChI is InChI=1S/C40H42P2.BF4.Rh/c1-2-16-26-40(42-37(33-21-11-5-12-22-33)29-30-38(42)34-23-13-6-14-24-34)39(25-15-1)41-35(31-17-7-3-8-18-31)27-28-36(41)32-19-9-4-10-20-32;2-1(3,4)5;/h1,3-15,17-24,26,35-39H,2,16,25,27-30H2;;/q;-1;/t35-,36?,37?,38?,39-,41?,42?;;/m0../s1. The number of benzene rings is 4. The van der Waals surface area contributed by atoms with E-state index in [9.17, 15) is 17.3 Å². The van der Waals surface area contributed by atoms with Gasteiger partial charge in [0.1, 0.15) is 0 Å². The fourth-order valence-electron chi connectivity index (χ4n) is 7.95. The molecule has 4 aromatic rings. The van der Waals surface area contributed by atoms with Crippen molar-refractivity contribution in [1.82, 2.24) is 0 Å². The van der Waals surface area contributed by atoms with Crippen LogP contribution in [0.1, 0.15) is 89.8 Å². The molecule has 3 aliphatic rings. The molecule has 2 heterocycles. The fraction of sp³-hybridized carbons (Fsp3) is 0.300. The molecule has 0 N–H and O–H groups in total. The molecule has 2 fully saturated rings. The van der Waals surface area contributed by atoms with Gasteiger partial charge in [0.25, 0.3) is 0 Å². The summed E-state index contributed by atoms with van der Waals surface area (Å²) in [4.78, 5) is 0. The number of hydrogen-bond donors (Lipinski definition) is 0. The third-order valence-corrected chi connectivity index (χ3v) is 17.3. The van der Waals surface area contributed by atoms with Crippen LogP contribution in [0.3, 0.4) is 0 Å². The van der Waals surface area contributed by atoms with E-state index in [1.165, 1.54) is 44.9 Å². The van der Waals surface area contributed by atoms with E-state index in [0.717, 1.165) is 0 Å². The molecule has 253 valence electrons. The Morgan fingerprint density at radius 1 is 0.458 bits per heavy atom. The third kappa shape index (κ3) is 9.24. The van der Waals surface area contributed by atoms with Gasteiger partial charge >= 0.3 is 7.25 Å². The average Bonchev–Trinajstić information content (AvgIpc) is 3.71. The molecule has 0 bridgehead atoms. The van der Waals surface area contributed by atoms with Crippen LogP contribution in [0.25, 0.3) is 0 Å². The van der Waals surface area contributed by atoms with Gasteiger partial charge in [-0.05, 0) is 72.5 Å². The first-order valence-electron chi connectivity index (χ1n) is 16.9. The topological polar surface area (TPSA) is 0 Å². The number of halogens is 4. The summed E-state index contributed by atoms with van der Waals surface area (Å²) < 4.78 is 39.0. The molecule has 7 rings (SSSR count). The summed E-state index contributed by atoms with van der Waals surface area (Å²) in [6, 6.07) is 46.3. The quantitative estimate of drug-likeness (QED) is 0.0792. The second kappa shape index (κ2) is 17.5. The van der Waals surface area contributed by atoms with Crippen molar-refractivity contribution in [2.75, 3.05) is 0 Å². The van der Waals surface area contributed by atoms with Crippen molar-refractivity contribution in [3.8, 4) is 0 Å². The zero-order valence-electron chi connectivity index (χ0n) is 26.9. The first kappa shape index (κ1) is 36.9. The third-order valence-electron chi connectivity index (χ3n) is 9.77. The van der Waals surface area contributed by atoms with Crippen LogP contribution in [0, 0.1) is 0 Å². The summed E-state index contributed by atoms with van der Waals surface area (Å²) in [7, 11) is -6.67. The predicted octanol–water partition coefficient (Wildman–Crippen LogP) is 13.8. The average molecular weight is 774 g/mol. The summed E-state index contributed by atoms with van der Waals surface area (Å²) in [6.07, 6.45) is 16.6. The largest absolute Gasteiger partial charge is 0.673 e. The molecule has 48 heavy (non-hydrogen) atoms. The van der Waals surface area contributed by atoms with Crippen LogP contribution in [0.2, 0.25) is 0 Å². The van der Waals surface area contributed by atoms with Crippen LogP contribution in [-0.4, -0.2) is 12.9 Å². The van der Waals surface area contributed by atoms with Gasteiger partial charge in [-0.25, -0.2) is 0 Å². The van der Waals surface area contributed by atoms with Crippen molar-refractivity contribution >= 4 is 23.1 Å². The van der Waals surface area contributed by atoms with Crippen LogP contribution in [0.15, 0.2) is 145 Å². The molecule has 1 radical (unpaired) electrons.